The first kappa shape index (κ1) is 11.8. The normalized spacial score (nSPS) is 13.6. The number of halogens is 1. The fourth-order valence-electron chi connectivity index (χ4n) is 1.79. The quantitative estimate of drug-likeness (QED) is 0.560. The first-order valence-electron chi connectivity index (χ1n) is 4.83. The molecule has 0 spiro atoms. The Morgan fingerprint density at radius 3 is 2.73 bits per heavy atom. The van der Waals surface area contributed by atoms with Gasteiger partial charge in [0.15, 0.2) is 5.96 Å². The predicted molar refractivity (Wildman–Crippen MR) is 63.6 cm³/mol. The largest absolute Gasteiger partial charge is 0.370 e. The summed E-state index contributed by atoms with van der Waals surface area (Å²) in [5.74, 6) is 0.0857. The number of nitrogens with two attached hydrogens (primary N) is 2. The fraction of sp³-hybridized carbons (Fsp3) is 0.400. The van der Waals surface area contributed by atoms with E-state index in [0.29, 0.717) is 0 Å². The lowest BCUT2D eigenvalue weighted by molar-refractivity contribution is 0.668. The molecule has 0 saturated carbocycles. The molecule has 1 aliphatic rings. The average molecular weight is 227 g/mol. The summed E-state index contributed by atoms with van der Waals surface area (Å²) in [6.45, 7) is 0. The second-order valence-corrected chi connectivity index (χ2v) is 3.54. The van der Waals surface area contributed by atoms with Crippen molar-refractivity contribution in [1.29, 1.82) is 0 Å². The van der Waals surface area contributed by atoms with Crippen molar-refractivity contribution >= 4 is 24.1 Å². The molecule has 0 saturated heterocycles. The Kier molecular flexibility index (Phi) is 3.91. The van der Waals surface area contributed by atoms with E-state index >= 15 is 0 Å². The van der Waals surface area contributed by atoms with Gasteiger partial charge in [-0.05, 0) is 37.3 Å². The smallest absolute Gasteiger partial charge is 0.191 e. The van der Waals surface area contributed by atoms with E-state index in [4.69, 9.17) is 11.5 Å². The van der Waals surface area contributed by atoms with Gasteiger partial charge in [0.05, 0.1) is 11.9 Å². The lowest BCUT2D eigenvalue weighted by Crippen LogP contribution is -2.22. The Labute approximate surface area is 95.2 Å². The number of hydrogen-bond donors (Lipinski definition) is 2. The zero-order chi connectivity index (χ0) is 9.97. The van der Waals surface area contributed by atoms with Gasteiger partial charge in [-0.2, -0.15) is 0 Å². The van der Waals surface area contributed by atoms with Gasteiger partial charge in [0.1, 0.15) is 0 Å². The van der Waals surface area contributed by atoms with Crippen molar-refractivity contribution in [3.05, 3.63) is 23.5 Å². The number of fused-ring (bicyclic) bond motifs is 1. The molecule has 0 unspecified atom stereocenters. The zero-order valence-electron chi connectivity index (χ0n) is 8.44. The van der Waals surface area contributed by atoms with Crippen LogP contribution in [0, 0.1) is 0 Å². The minimum absolute atomic E-state index is 0. The summed E-state index contributed by atoms with van der Waals surface area (Å²) in [6.07, 6.45) is 6.37. The molecule has 0 fully saturated rings. The molecule has 0 atom stereocenters. The lowest BCUT2D eigenvalue weighted by Gasteiger charge is -2.14. The molecule has 1 aromatic rings. The Balaban J connectivity index is 0.00000112. The van der Waals surface area contributed by atoms with Crippen LogP contribution in [0.5, 0.6) is 0 Å². The molecule has 0 bridgehead atoms. The standard InChI is InChI=1S/C10H14N4.ClH/c11-10(12)14-8-5-7-3-1-2-4-9(7)13-6-8;/h5-6H,1-4H2,(H4,11,12,14);1H. The Morgan fingerprint density at radius 2 is 2.00 bits per heavy atom. The molecule has 82 valence electrons. The van der Waals surface area contributed by atoms with Crippen LogP contribution in [0.3, 0.4) is 0 Å². The van der Waals surface area contributed by atoms with Gasteiger partial charge < -0.3 is 11.5 Å². The fourth-order valence-corrected chi connectivity index (χ4v) is 1.79. The molecular formula is C10H15ClN4. The molecule has 15 heavy (non-hydrogen) atoms. The number of pyridine rings is 1. The molecule has 1 aromatic heterocycles. The van der Waals surface area contributed by atoms with Crippen LogP contribution in [0.15, 0.2) is 17.3 Å². The van der Waals surface area contributed by atoms with E-state index < -0.39 is 0 Å². The van der Waals surface area contributed by atoms with Gasteiger partial charge in [0.25, 0.3) is 0 Å². The predicted octanol–water partition coefficient (Wildman–Crippen LogP) is 1.29. The summed E-state index contributed by atoms with van der Waals surface area (Å²) in [5, 5.41) is 0. The van der Waals surface area contributed by atoms with Crippen molar-refractivity contribution < 1.29 is 0 Å². The van der Waals surface area contributed by atoms with Crippen molar-refractivity contribution in [1.82, 2.24) is 4.98 Å². The summed E-state index contributed by atoms with van der Waals surface area (Å²) in [5.41, 5.74) is 13.8. The number of nitrogens with zero attached hydrogens (tertiary/aromatic N) is 2. The maximum Gasteiger partial charge on any atom is 0.191 e. The molecular weight excluding hydrogens is 212 g/mol. The SMILES string of the molecule is Cl.NC(N)=Nc1cnc2c(c1)CCCC2. The number of aliphatic imine (C=N–C) groups is 1. The molecule has 4 nitrogen and oxygen atoms in total. The average Bonchev–Trinajstić information content (AvgIpc) is 2.17. The third-order valence-corrected chi connectivity index (χ3v) is 2.41. The Bertz CT molecular complexity index is 372. The molecule has 0 amide bonds. The second kappa shape index (κ2) is 4.98. The summed E-state index contributed by atoms with van der Waals surface area (Å²) < 4.78 is 0. The highest BCUT2D eigenvalue weighted by Gasteiger charge is 2.10. The molecule has 0 aliphatic heterocycles. The van der Waals surface area contributed by atoms with Crippen LogP contribution in [0.4, 0.5) is 5.69 Å². The lowest BCUT2D eigenvalue weighted by atomic mass is 9.96. The maximum absolute atomic E-state index is 5.30. The van der Waals surface area contributed by atoms with Crippen molar-refractivity contribution in [2.45, 2.75) is 25.7 Å². The van der Waals surface area contributed by atoms with Gasteiger partial charge in [0, 0.05) is 5.69 Å². The summed E-state index contributed by atoms with van der Waals surface area (Å²) in [6, 6.07) is 2.03. The summed E-state index contributed by atoms with van der Waals surface area (Å²) in [4.78, 5) is 8.33. The van der Waals surface area contributed by atoms with E-state index in [1.54, 1.807) is 6.20 Å². The van der Waals surface area contributed by atoms with E-state index in [9.17, 15) is 0 Å². The van der Waals surface area contributed by atoms with E-state index in [1.165, 1.54) is 24.1 Å². The Morgan fingerprint density at radius 1 is 1.27 bits per heavy atom. The number of hydrogen-bond acceptors (Lipinski definition) is 2. The van der Waals surface area contributed by atoms with E-state index in [-0.39, 0.29) is 18.4 Å². The first-order chi connectivity index (χ1) is 6.75. The van der Waals surface area contributed by atoms with Crippen LogP contribution in [0.2, 0.25) is 0 Å². The van der Waals surface area contributed by atoms with Gasteiger partial charge in [-0.1, -0.05) is 0 Å². The first-order valence-corrected chi connectivity index (χ1v) is 4.83. The molecule has 0 aromatic carbocycles. The zero-order valence-corrected chi connectivity index (χ0v) is 9.26. The topological polar surface area (TPSA) is 77.3 Å². The molecule has 0 radical (unpaired) electrons. The summed E-state index contributed by atoms with van der Waals surface area (Å²) >= 11 is 0. The van der Waals surface area contributed by atoms with Crippen LogP contribution in [0.1, 0.15) is 24.1 Å². The van der Waals surface area contributed by atoms with Crippen LogP contribution in [-0.4, -0.2) is 10.9 Å². The van der Waals surface area contributed by atoms with Crippen LogP contribution >= 0.6 is 12.4 Å². The molecule has 4 N–H and O–H groups in total. The number of aryl methyl sites for hydroxylation is 2. The number of rotatable bonds is 1. The molecule has 5 heteroatoms. The third-order valence-electron chi connectivity index (χ3n) is 2.41. The highest BCUT2D eigenvalue weighted by atomic mass is 35.5. The molecule has 1 heterocycles. The van der Waals surface area contributed by atoms with Gasteiger partial charge >= 0.3 is 0 Å². The third kappa shape index (κ3) is 2.83. The number of guanidine groups is 1. The minimum atomic E-state index is 0. The van der Waals surface area contributed by atoms with E-state index in [1.807, 2.05) is 6.07 Å². The highest BCUT2D eigenvalue weighted by molar-refractivity contribution is 5.85. The van der Waals surface area contributed by atoms with Crippen LogP contribution < -0.4 is 11.5 Å². The van der Waals surface area contributed by atoms with Gasteiger partial charge in [0.2, 0.25) is 0 Å². The van der Waals surface area contributed by atoms with Gasteiger partial charge in [-0.25, -0.2) is 4.99 Å². The van der Waals surface area contributed by atoms with E-state index in [2.05, 4.69) is 9.98 Å². The summed E-state index contributed by atoms with van der Waals surface area (Å²) in [7, 11) is 0. The van der Waals surface area contributed by atoms with Crippen LogP contribution in [-0.2, 0) is 12.8 Å². The van der Waals surface area contributed by atoms with Crippen molar-refractivity contribution in [2.24, 2.45) is 16.5 Å². The second-order valence-electron chi connectivity index (χ2n) is 3.54. The van der Waals surface area contributed by atoms with Crippen LogP contribution in [0.25, 0.3) is 0 Å². The van der Waals surface area contributed by atoms with Gasteiger partial charge in [-0.15, -0.1) is 12.4 Å². The monoisotopic (exact) mass is 226 g/mol. The molecule has 1 aliphatic carbocycles. The number of aromatic nitrogens is 1. The maximum atomic E-state index is 5.30. The van der Waals surface area contributed by atoms with Gasteiger partial charge in [-0.3, -0.25) is 4.98 Å². The Hall–Kier alpha value is -1.29. The highest BCUT2D eigenvalue weighted by Crippen LogP contribution is 2.22. The molecule has 2 rings (SSSR count). The van der Waals surface area contributed by atoms with Crippen molar-refractivity contribution in [3.8, 4) is 0 Å². The van der Waals surface area contributed by atoms with Crippen molar-refractivity contribution in [2.75, 3.05) is 0 Å². The van der Waals surface area contributed by atoms with E-state index in [0.717, 1.165) is 18.5 Å². The van der Waals surface area contributed by atoms with Crippen molar-refractivity contribution in [3.63, 3.8) is 0 Å². The minimum Gasteiger partial charge on any atom is -0.370 e.